The summed E-state index contributed by atoms with van der Waals surface area (Å²) in [6.45, 7) is 0.00553. The second-order valence-electron chi connectivity index (χ2n) is 3.65. The molecule has 1 fully saturated rings. The van der Waals surface area contributed by atoms with Crippen molar-refractivity contribution in [3.8, 4) is 0 Å². The molecule has 1 rings (SSSR count). The second-order valence-corrected chi connectivity index (χ2v) is 3.65. The van der Waals surface area contributed by atoms with Gasteiger partial charge in [0.05, 0.1) is 25.4 Å². The standard InChI is InChI=1S/C9H16O6/c10-1-2-14-9(15-6-11)4-7(12)3-8(13)5-9/h6-8,10,12-13H,1-5H2. The van der Waals surface area contributed by atoms with Gasteiger partial charge in [0.2, 0.25) is 5.79 Å². The lowest BCUT2D eigenvalue weighted by molar-refractivity contribution is -0.260. The molecular formula is C9H16O6. The van der Waals surface area contributed by atoms with Crippen molar-refractivity contribution in [2.24, 2.45) is 0 Å². The minimum atomic E-state index is -1.30. The molecule has 0 radical (unpaired) electrons. The fourth-order valence-electron chi connectivity index (χ4n) is 1.85. The SMILES string of the molecule is O=COC1(OCCO)CC(O)CC(O)C1. The lowest BCUT2D eigenvalue weighted by atomic mass is 9.89. The zero-order valence-corrected chi connectivity index (χ0v) is 8.33. The number of aliphatic hydroxyl groups excluding tert-OH is 3. The first-order valence-electron chi connectivity index (χ1n) is 4.84. The van der Waals surface area contributed by atoms with Gasteiger partial charge in [-0.25, -0.2) is 0 Å². The van der Waals surface area contributed by atoms with E-state index in [9.17, 15) is 15.0 Å². The summed E-state index contributed by atoms with van der Waals surface area (Å²) in [6, 6.07) is 0. The van der Waals surface area contributed by atoms with E-state index in [-0.39, 0.29) is 38.9 Å². The van der Waals surface area contributed by atoms with Gasteiger partial charge in [0, 0.05) is 12.8 Å². The van der Waals surface area contributed by atoms with Gasteiger partial charge in [-0.05, 0) is 6.42 Å². The summed E-state index contributed by atoms with van der Waals surface area (Å²) in [5, 5.41) is 27.5. The first-order chi connectivity index (χ1) is 7.12. The van der Waals surface area contributed by atoms with Gasteiger partial charge in [0.1, 0.15) is 0 Å². The Kier molecular flexibility index (Phi) is 4.46. The molecule has 0 amide bonds. The maximum absolute atomic E-state index is 10.3. The van der Waals surface area contributed by atoms with E-state index in [4.69, 9.17) is 14.6 Å². The summed E-state index contributed by atoms with van der Waals surface area (Å²) in [4.78, 5) is 10.3. The number of ether oxygens (including phenoxy) is 2. The third kappa shape index (κ3) is 3.42. The second kappa shape index (κ2) is 5.41. The maximum atomic E-state index is 10.3. The molecule has 88 valence electrons. The van der Waals surface area contributed by atoms with Gasteiger partial charge in [0.15, 0.2) is 0 Å². The number of hydrogen-bond donors (Lipinski definition) is 3. The Labute approximate surface area is 87.4 Å². The fourth-order valence-corrected chi connectivity index (χ4v) is 1.85. The largest absolute Gasteiger partial charge is 0.435 e. The quantitative estimate of drug-likeness (QED) is 0.396. The minimum absolute atomic E-state index is 0.00667. The average Bonchev–Trinajstić information content (AvgIpc) is 2.13. The Morgan fingerprint density at radius 2 is 1.93 bits per heavy atom. The molecule has 0 heterocycles. The van der Waals surface area contributed by atoms with Crippen molar-refractivity contribution in [2.45, 2.75) is 37.3 Å². The van der Waals surface area contributed by atoms with Gasteiger partial charge in [-0.3, -0.25) is 4.79 Å². The van der Waals surface area contributed by atoms with Gasteiger partial charge in [-0.15, -0.1) is 0 Å². The molecule has 1 saturated carbocycles. The van der Waals surface area contributed by atoms with Crippen LogP contribution in [0.5, 0.6) is 0 Å². The van der Waals surface area contributed by atoms with Crippen LogP contribution < -0.4 is 0 Å². The molecule has 6 nitrogen and oxygen atoms in total. The van der Waals surface area contributed by atoms with Crippen LogP contribution in [0, 0.1) is 0 Å². The summed E-state index contributed by atoms with van der Waals surface area (Å²) in [5.74, 6) is -1.30. The summed E-state index contributed by atoms with van der Waals surface area (Å²) in [7, 11) is 0. The first kappa shape index (κ1) is 12.4. The van der Waals surface area contributed by atoms with Crippen LogP contribution in [0.2, 0.25) is 0 Å². The van der Waals surface area contributed by atoms with Crippen LogP contribution in [0.15, 0.2) is 0 Å². The molecule has 2 unspecified atom stereocenters. The number of aliphatic hydroxyl groups is 3. The van der Waals surface area contributed by atoms with Crippen LogP contribution in [0.4, 0.5) is 0 Å². The van der Waals surface area contributed by atoms with Gasteiger partial charge in [-0.2, -0.15) is 0 Å². The van der Waals surface area contributed by atoms with Gasteiger partial charge in [0.25, 0.3) is 6.47 Å². The van der Waals surface area contributed by atoms with Crippen LogP contribution in [0.1, 0.15) is 19.3 Å². The smallest absolute Gasteiger partial charge is 0.295 e. The van der Waals surface area contributed by atoms with Crippen molar-refractivity contribution >= 4 is 6.47 Å². The van der Waals surface area contributed by atoms with E-state index < -0.39 is 18.0 Å². The van der Waals surface area contributed by atoms with Crippen molar-refractivity contribution in [1.29, 1.82) is 0 Å². The summed E-state index contributed by atoms with van der Waals surface area (Å²) in [5.41, 5.74) is 0. The Morgan fingerprint density at radius 3 is 2.40 bits per heavy atom. The molecule has 3 N–H and O–H groups in total. The minimum Gasteiger partial charge on any atom is -0.435 e. The molecule has 0 aliphatic heterocycles. The highest BCUT2D eigenvalue weighted by atomic mass is 16.7. The summed E-state index contributed by atoms with van der Waals surface area (Å²) >= 11 is 0. The molecule has 2 atom stereocenters. The lowest BCUT2D eigenvalue weighted by Crippen LogP contribution is -2.47. The van der Waals surface area contributed by atoms with Crippen LogP contribution in [-0.4, -0.2) is 53.0 Å². The van der Waals surface area contributed by atoms with Crippen molar-refractivity contribution in [3.63, 3.8) is 0 Å². The molecule has 6 heteroatoms. The maximum Gasteiger partial charge on any atom is 0.295 e. The average molecular weight is 220 g/mol. The lowest BCUT2D eigenvalue weighted by Gasteiger charge is -2.39. The molecule has 1 aliphatic rings. The Balaban J connectivity index is 2.64. The molecule has 1 aliphatic carbocycles. The molecule has 0 aromatic carbocycles. The number of hydrogen-bond acceptors (Lipinski definition) is 6. The van der Waals surface area contributed by atoms with Crippen LogP contribution in [0.25, 0.3) is 0 Å². The normalized spacial score (nSPS) is 36.2. The number of carbonyl (C=O) groups is 1. The number of carbonyl (C=O) groups excluding carboxylic acids is 1. The zero-order chi connectivity index (χ0) is 11.3. The molecule has 0 bridgehead atoms. The predicted molar refractivity (Wildman–Crippen MR) is 48.8 cm³/mol. The van der Waals surface area contributed by atoms with Crippen molar-refractivity contribution in [3.05, 3.63) is 0 Å². The van der Waals surface area contributed by atoms with E-state index in [1.807, 2.05) is 0 Å². The van der Waals surface area contributed by atoms with E-state index in [0.717, 1.165) is 0 Å². The van der Waals surface area contributed by atoms with Crippen LogP contribution in [-0.2, 0) is 14.3 Å². The van der Waals surface area contributed by atoms with Crippen LogP contribution in [0.3, 0.4) is 0 Å². The Bertz CT molecular complexity index is 197. The van der Waals surface area contributed by atoms with Crippen molar-refractivity contribution in [2.75, 3.05) is 13.2 Å². The Hall–Kier alpha value is -0.690. The van der Waals surface area contributed by atoms with Gasteiger partial charge >= 0.3 is 0 Å². The highest BCUT2D eigenvalue weighted by Crippen LogP contribution is 2.32. The topological polar surface area (TPSA) is 96.2 Å². The monoisotopic (exact) mass is 220 g/mol. The highest BCUT2D eigenvalue weighted by molar-refractivity contribution is 5.38. The van der Waals surface area contributed by atoms with E-state index in [0.29, 0.717) is 0 Å². The molecule has 0 aromatic rings. The Morgan fingerprint density at radius 1 is 1.33 bits per heavy atom. The van der Waals surface area contributed by atoms with Gasteiger partial charge in [-0.1, -0.05) is 0 Å². The van der Waals surface area contributed by atoms with Gasteiger partial charge < -0.3 is 24.8 Å². The summed E-state index contributed by atoms with van der Waals surface area (Å²) < 4.78 is 9.96. The summed E-state index contributed by atoms with van der Waals surface area (Å²) in [6.07, 6.45) is -1.07. The third-order valence-electron chi connectivity index (χ3n) is 2.36. The fraction of sp³-hybridized carbons (Fsp3) is 0.889. The number of rotatable bonds is 5. The molecular weight excluding hydrogens is 204 g/mol. The predicted octanol–water partition coefficient (Wildman–Crippen LogP) is -1.23. The van der Waals surface area contributed by atoms with E-state index in [1.54, 1.807) is 0 Å². The van der Waals surface area contributed by atoms with Crippen molar-refractivity contribution in [1.82, 2.24) is 0 Å². The van der Waals surface area contributed by atoms with E-state index >= 15 is 0 Å². The molecule has 0 saturated heterocycles. The highest BCUT2D eigenvalue weighted by Gasteiger charge is 2.42. The van der Waals surface area contributed by atoms with Crippen LogP contribution >= 0.6 is 0 Å². The molecule has 0 aromatic heterocycles. The molecule has 0 spiro atoms. The van der Waals surface area contributed by atoms with E-state index in [2.05, 4.69) is 0 Å². The molecule has 15 heavy (non-hydrogen) atoms. The van der Waals surface area contributed by atoms with E-state index in [1.165, 1.54) is 0 Å². The third-order valence-corrected chi connectivity index (χ3v) is 2.36. The first-order valence-corrected chi connectivity index (χ1v) is 4.84. The van der Waals surface area contributed by atoms with Crippen molar-refractivity contribution < 1.29 is 29.6 Å². The zero-order valence-electron chi connectivity index (χ0n) is 8.33.